The quantitative estimate of drug-likeness (QED) is 0.633. The summed E-state index contributed by atoms with van der Waals surface area (Å²) in [5.74, 6) is 0.323. The maximum Gasteiger partial charge on any atom is 0.404 e. The molecule has 1 saturated heterocycles. The summed E-state index contributed by atoms with van der Waals surface area (Å²) < 4.78 is 4.91. The van der Waals surface area contributed by atoms with Crippen LogP contribution in [0.25, 0.3) is 0 Å². The molecule has 122 valence electrons. The summed E-state index contributed by atoms with van der Waals surface area (Å²) in [6, 6.07) is 3.87. The van der Waals surface area contributed by atoms with Crippen molar-refractivity contribution >= 4 is 30.0 Å². The van der Waals surface area contributed by atoms with E-state index in [1.54, 1.807) is 6.20 Å². The molecule has 5 N–H and O–H groups in total. The summed E-state index contributed by atoms with van der Waals surface area (Å²) in [7, 11) is 0. The van der Waals surface area contributed by atoms with Crippen molar-refractivity contribution < 1.29 is 9.53 Å². The molecule has 0 aromatic carbocycles. The van der Waals surface area contributed by atoms with Crippen LogP contribution in [0.15, 0.2) is 18.3 Å². The molecule has 0 spiro atoms. The van der Waals surface area contributed by atoms with Crippen molar-refractivity contribution in [3.05, 3.63) is 18.3 Å². The van der Waals surface area contributed by atoms with E-state index in [2.05, 4.69) is 25.8 Å². The van der Waals surface area contributed by atoms with Gasteiger partial charge in [0.25, 0.3) is 0 Å². The number of nitrogens with two attached hydrogens (primary N) is 1. The van der Waals surface area contributed by atoms with Crippen molar-refractivity contribution in [3.63, 3.8) is 0 Å². The SMILES string of the molecule is Cl.NC(=O)OCCC1(N2CCNCC2)Nc2cccnc2N1. The number of nitrogens with one attached hydrogen (secondary N) is 3. The third-order valence-corrected chi connectivity index (χ3v) is 3.84. The van der Waals surface area contributed by atoms with Crippen molar-refractivity contribution in [1.29, 1.82) is 0 Å². The minimum Gasteiger partial charge on any atom is -0.449 e. The van der Waals surface area contributed by atoms with Gasteiger partial charge in [-0.3, -0.25) is 4.90 Å². The number of carbonyl (C=O) groups excluding carboxylic acids is 1. The van der Waals surface area contributed by atoms with E-state index in [9.17, 15) is 4.79 Å². The van der Waals surface area contributed by atoms with Crippen LogP contribution >= 0.6 is 12.4 Å². The molecule has 9 heteroatoms. The van der Waals surface area contributed by atoms with E-state index in [1.807, 2.05) is 12.1 Å². The van der Waals surface area contributed by atoms with Gasteiger partial charge in [0, 0.05) is 38.8 Å². The first-order valence-electron chi connectivity index (χ1n) is 7.09. The molecule has 3 heterocycles. The Balaban J connectivity index is 0.00000176. The highest BCUT2D eigenvalue weighted by molar-refractivity contribution is 5.85. The van der Waals surface area contributed by atoms with Gasteiger partial charge in [-0.05, 0) is 12.1 Å². The van der Waals surface area contributed by atoms with Gasteiger partial charge < -0.3 is 26.4 Å². The molecule has 0 saturated carbocycles. The van der Waals surface area contributed by atoms with Crippen LogP contribution in [0, 0.1) is 0 Å². The lowest BCUT2D eigenvalue weighted by Gasteiger charge is -2.43. The Labute approximate surface area is 135 Å². The molecular formula is C13H21ClN6O2. The molecule has 0 bridgehead atoms. The number of aromatic nitrogens is 1. The number of nitrogens with zero attached hydrogens (tertiary/aromatic N) is 2. The fourth-order valence-electron chi connectivity index (χ4n) is 2.84. The van der Waals surface area contributed by atoms with Crippen LogP contribution in [-0.4, -0.2) is 54.5 Å². The van der Waals surface area contributed by atoms with E-state index < -0.39 is 11.9 Å². The van der Waals surface area contributed by atoms with Gasteiger partial charge in [-0.2, -0.15) is 0 Å². The monoisotopic (exact) mass is 328 g/mol. The second-order valence-corrected chi connectivity index (χ2v) is 5.16. The Morgan fingerprint density at radius 3 is 2.86 bits per heavy atom. The van der Waals surface area contributed by atoms with Crippen LogP contribution in [0.5, 0.6) is 0 Å². The number of pyridine rings is 1. The topological polar surface area (TPSA) is 105 Å². The molecule has 0 radical (unpaired) electrons. The first-order valence-corrected chi connectivity index (χ1v) is 7.09. The highest BCUT2D eigenvalue weighted by Crippen LogP contribution is 2.35. The van der Waals surface area contributed by atoms with E-state index in [0.717, 1.165) is 37.7 Å². The third kappa shape index (κ3) is 3.34. The number of piperazine rings is 1. The second kappa shape index (κ2) is 6.99. The summed E-state index contributed by atoms with van der Waals surface area (Å²) >= 11 is 0. The minimum atomic E-state index is -0.751. The zero-order valence-corrected chi connectivity index (χ0v) is 13.0. The predicted molar refractivity (Wildman–Crippen MR) is 86.1 cm³/mol. The number of halogens is 1. The summed E-state index contributed by atoms with van der Waals surface area (Å²) in [6.07, 6.45) is 1.58. The maximum absolute atomic E-state index is 10.8. The van der Waals surface area contributed by atoms with Crippen LogP contribution in [0.4, 0.5) is 16.3 Å². The molecule has 22 heavy (non-hydrogen) atoms. The number of carbonyl (C=O) groups is 1. The second-order valence-electron chi connectivity index (χ2n) is 5.16. The van der Waals surface area contributed by atoms with Gasteiger partial charge in [0.1, 0.15) is 0 Å². The van der Waals surface area contributed by atoms with Crippen molar-refractivity contribution in [2.24, 2.45) is 5.73 Å². The van der Waals surface area contributed by atoms with Crippen molar-refractivity contribution in [1.82, 2.24) is 15.2 Å². The lowest BCUT2D eigenvalue weighted by molar-refractivity contribution is 0.0845. The first-order chi connectivity index (χ1) is 10.2. The van der Waals surface area contributed by atoms with Gasteiger partial charge in [0.05, 0.1) is 12.3 Å². The van der Waals surface area contributed by atoms with Gasteiger partial charge in [0.15, 0.2) is 11.6 Å². The lowest BCUT2D eigenvalue weighted by Crippen LogP contribution is -2.63. The van der Waals surface area contributed by atoms with E-state index in [-0.39, 0.29) is 19.0 Å². The van der Waals surface area contributed by atoms with Crippen molar-refractivity contribution in [2.75, 3.05) is 43.4 Å². The number of rotatable bonds is 4. The Kier molecular flexibility index (Phi) is 5.28. The summed E-state index contributed by atoms with van der Waals surface area (Å²) in [4.78, 5) is 17.4. The Morgan fingerprint density at radius 2 is 2.18 bits per heavy atom. The molecule has 1 fully saturated rings. The molecule has 2 aliphatic heterocycles. The molecule has 8 nitrogen and oxygen atoms in total. The average Bonchev–Trinajstić information content (AvgIpc) is 2.87. The predicted octanol–water partition coefficient (Wildman–Crippen LogP) is 0.385. The highest BCUT2D eigenvalue weighted by Gasteiger charge is 2.42. The number of amides is 1. The van der Waals surface area contributed by atoms with Crippen molar-refractivity contribution in [3.8, 4) is 0 Å². The maximum atomic E-state index is 10.8. The smallest absolute Gasteiger partial charge is 0.404 e. The largest absolute Gasteiger partial charge is 0.449 e. The van der Waals surface area contributed by atoms with E-state index in [4.69, 9.17) is 10.5 Å². The number of hydrogen-bond donors (Lipinski definition) is 4. The number of anilines is 2. The fourth-order valence-corrected chi connectivity index (χ4v) is 2.84. The molecule has 1 aromatic heterocycles. The Hall–Kier alpha value is -1.77. The van der Waals surface area contributed by atoms with Gasteiger partial charge in [-0.1, -0.05) is 0 Å². The Bertz CT molecular complexity index is 498. The van der Waals surface area contributed by atoms with Gasteiger partial charge in [0.2, 0.25) is 0 Å². The van der Waals surface area contributed by atoms with Crippen molar-refractivity contribution in [2.45, 2.75) is 12.2 Å². The van der Waals surface area contributed by atoms with Crippen LogP contribution in [0.1, 0.15) is 6.42 Å². The number of ether oxygens (including phenoxy) is 1. The molecule has 3 rings (SSSR count). The van der Waals surface area contributed by atoms with Crippen LogP contribution < -0.4 is 21.7 Å². The van der Waals surface area contributed by atoms with Gasteiger partial charge in [-0.25, -0.2) is 9.78 Å². The lowest BCUT2D eigenvalue weighted by atomic mass is 10.2. The van der Waals surface area contributed by atoms with Crippen LogP contribution in [-0.2, 0) is 4.74 Å². The van der Waals surface area contributed by atoms with E-state index in [1.165, 1.54) is 0 Å². The molecule has 1 unspecified atom stereocenters. The first kappa shape index (κ1) is 16.6. The molecular weight excluding hydrogens is 308 g/mol. The number of hydrogen-bond acceptors (Lipinski definition) is 7. The average molecular weight is 329 g/mol. The minimum absolute atomic E-state index is 0. The molecule has 1 atom stereocenters. The van der Waals surface area contributed by atoms with Crippen LogP contribution in [0.2, 0.25) is 0 Å². The standard InChI is InChI=1S/C13H20N6O2.ClH/c14-12(20)21-9-3-13(19-7-5-15-6-8-19)17-10-2-1-4-16-11(10)18-13;/h1-2,4,15,17H,3,5-9H2,(H2,14,20)(H,16,18);1H. The summed E-state index contributed by atoms with van der Waals surface area (Å²) in [6.45, 7) is 3.87. The van der Waals surface area contributed by atoms with Crippen LogP contribution in [0.3, 0.4) is 0 Å². The molecule has 2 aliphatic rings. The zero-order valence-electron chi connectivity index (χ0n) is 12.2. The Morgan fingerprint density at radius 1 is 1.41 bits per heavy atom. The summed E-state index contributed by atoms with van der Waals surface area (Å²) in [5.41, 5.74) is 6.00. The zero-order chi connectivity index (χ0) is 14.7. The number of fused-ring (bicyclic) bond motifs is 1. The normalized spacial score (nSPS) is 23.6. The van der Waals surface area contributed by atoms with Gasteiger partial charge >= 0.3 is 6.09 Å². The fraction of sp³-hybridized carbons (Fsp3) is 0.538. The molecule has 0 aliphatic carbocycles. The molecule has 1 aromatic rings. The van der Waals surface area contributed by atoms with E-state index >= 15 is 0 Å². The van der Waals surface area contributed by atoms with Gasteiger partial charge in [-0.15, -0.1) is 12.4 Å². The third-order valence-electron chi connectivity index (χ3n) is 3.84. The number of primary amides is 1. The highest BCUT2D eigenvalue weighted by atomic mass is 35.5. The summed E-state index contributed by atoms with van der Waals surface area (Å²) in [5, 5.41) is 10.3. The molecule has 1 amide bonds. The van der Waals surface area contributed by atoms with E-state index in [0.29, 0.717) is 6.42 Å².